The Bertz CT molecular complexity index is 1430. The second-order valence-corrected chi connectivity index (χ2v) is 9.53. The minimum absolute atomic E-state index is 0.00673. The molecule has 0 saturated carbocycles. The largest absolute Gasteiger partial charge is 0.490 e. The fourth-order valence-corrected chi connectivity index (χ4v) is 4.58. The first kappa shape index (κ1) is 26.3. The van der Waals surface area contributed by atoms with E-state index in [1.165, 1.54) is 6.07 Å². The van der Waals surface area contributed by atoms with Gasteiger partial charge in [-0.1, -0.05) is 41.9 Å². The molecular formula is C29H29ClN2O5. The van der Waals surface area contributed by atoms with Crippen LogP contribution in [0.5, 0.6) is 5.75 Å². The highest BCUT2D eigenvalue weighted by atomic mass is 35.5. The molecule has 1 aromatic heterocycles. The SMILES string of the molecule is CC(C)Oc1ccc(-c2ccc(C(=O)O)c(Cl)c2)cc1C(=O)N[C@@H](CCO)Cc1c[nH]c2ccccc12. The van der Waals surface area contributed by atoms with Crippen molar-refractivity contribution in [1.82, 2.24) is 10.3 Å². The Kier molecular flexibility index (Phi) is 8.16. The van der Waals surface area contributed by atoms with E-state index in [0.717, 1.165) is 16.5 Å². The van der Waals surface area contributed by atoms with Crippen molar-refractivity contribution in [2.24, 2.45) is 0 Å². The normalized spacial score (nSPS) is 12.0. The van der Waals surface area contributed by atoms with Gasteiger partial charge >= 0.3 is 5.97 Å². The van der Waals surface area contributed by atoms with Gasteiger partial charge in [0, 0.05) is 29.7 Å². The van der Waals surface area contributed by atoms with E-state index in [0.29, 0.717) is 35.3 Å². The van der Waals surface area contributed by atoms with Crippen molar-refractivity contribution in [3.8, 4) is 16.9 Å². The van der Waals surface area contributed by atoms with Crippen LogP contribution in [-0.4, -0.2) is 45.8 Å². The molecule has 37 heavy (non-hydrogen) atoms. The number of halogens is 1. The Morgan fingerprint density at radius 3 is 2.46 bits per heavy atom. The van der Waals surface area contributed by atoms with Gasteiger partial charge in [0.05, 0.1) is 22.3 Å². The minimum atomic E-state index is -1.11. The Morgan fingerprint density at radius 2 is 1.76 bits per heavy atom. The lowest BCUT2D eigenvalue weighted by Gasteiger charge is -2.20. The number of H-pyrrole nitrogens is 1. The summed E-state index contributed by atoms with van der Waals surface area (Å²) in [5.41, 5.74) is 3.77. The van der Waals surface area contributed by atoms with Crippen LogP contribution < -0.4 is 10.1 Å². The molecule has 0 radical (unpaired) electrons. The monoisotopic (exact) mass is 520 g/mol. The van der Waals surface area contributed by atoms with Crippen LogP contribution >= 0.6 is 11.6 Å². The number of aromatic nitrogens is 1. The number of aromatic carboxylic acids is 1. The zero-order chi connectivity index (χ0) is 26.5. The number of benzene rings is 3. The maximum atomic E-state index is 13.5. The maximum Gasteiger partial charge on any atom is 0.337 e. The molecule has 4 rings (SSSR count). The van der Waals surface area contributed by atoms with Crippen LogP contribution in [0.25, 0.3) is 22.0 Å². The molecule has 192 valence electrons. The molecule has 3 aromatic carbocycles. The number of aliphatic hydroxyl groups excluding tert-OH is 1. The van der Waals surface area contributed by atoms with Gasteiger partial charge in [-0.2, -0.15) is 0 Å². The highest BCUT2D eigenvalue weighted by Crippen LogP contribution is 2.31. The van der Waals surface area contributed by atoms with Crippen molar-refractivity contribution < 1.29 is 24.5 Å². The van der Waals surface area contributed by atoms with E-state index in [-0.39, 0.29) is 35.2 Å². The molecule has 8 heteroatoms. The van der Waals surface area contributed by atoms with Crippen LogP contribution in [0.1, 0.15) is 46.5 Å². The van der Waals surface area contributed by atoms with Crippen LogP contribution in [0.4, 0.5) is 0 Å². The minimum Gasteiger partial charge on any atom is -0.490 e. The average molecular weight is 521 g/mol. The fourth-order valence-electron chi connectivity index (χ4n) is 4.32. The maximum absolute atomic E-state index is 13.5. The van der Waals surface area contributed by atoms with Crippen molar-refractivity contribution >= 4 is 34.4 Å². The lowest BCUT2D eigenvalue weighted by atomic mass is 9.99. The number of ether oxygens (including phenoxy) is 1. The molecule has 4 aromatic rings. The third-order valence-electron chi connectivity index (χ3n) is 6.07. The van der Waals surface area contributed by atoms with Gasteiger partial charge in [-0.05, 0) is 73.7 Å². The third kappa shape index (κ3) is 6.13. The number of rotatable bonds is 10. The predicted molar refractivity (Wildman–Crippen MR) is 145 cm³/mol. The van der Waals surface area contributed by atoms with Crippen LogP contribution in [-0.2, 0) is 6.42 Å². The van der Waals surface area contributed by atoms with Gasteiger partial charge in [0.1, 0.15) is 5.75 Å². The molecule has 0 bridgehead atoms. The first-order valence-electron chi connectivity index (χ1n) is 12.1. The van der Waals surface area contributed by atoms with Crippen molar-refractivity contribution in [2.75, 3.05) is 6.61 Å². The number of nitrogens with one attached hydrogen (secondary N) is 2. The first-order chi connectivity index (χ1) is 17.8. The summed E-state index contributed by atoms with van der Waals surface area (Å²) < 4.78 is 5.92. The molecule has 1 amide bonds. The summed E-state index contributed by atoms with van der Waals surface area (Å²) in [6.07, 6.45) is 2.71. The van der Waals surface area contributed by atoms with E-state index < -0.39 is 5.97 Å². The van der Waals surface area contributed by atoms with Crippen molar-refractivity contribution in [2.45, 2.75) is 38.8 Å². The third-order valence-corrected chi connectivity index (χ3v) is 6.39. The highest BCUT2D eigenvalue weighted by Gasteiger charge is 2.21. The number of fused-ring (bicyclic) bond motifs is 1. The van der Waals surface area contributed by atoms with E-state index in [1.54, 1.807) is 30.3 Å². The molecule has 0 aliphatic carbocycles. The number of carboxylic acids is 1. The van der Waals surface area contributed by atoms with E-state index in [1.807, 2.05) is 44.3 Å². The number of para-hydroxylation sites is 1. The number of aliphatic hydroxyl groups is 1. The summed E-state index contributed by atoms with van der Waals surface area (Å²) >= 11 is 6.18. The van der Waals surface area contributed by atoms with Crippen molar-refractivity contribution in [3.05, 3.63) is 88.6 Å². The predicted octanol–water partition coefficient (Wildman–Crippen LogP) is 5.70. The number of carbonyl (C=O) groups excluding carboxylic acids is 1. The number of hydrogen-bond donors (Lipinski definition) is 4. The molecule has 0 saturated heterocycles. The fraction of sp³-hybridized carbons (Fsp3) is 0.241. The summed E-state index contributed by atoms with van der Waals surface area (Å²) in [7, 11) is 0. The number of carboxylic acid groups (broad SMARTS) is 1. The standard InChI is InChI=1S/C29H29ClN2O5/c1-17(2)37-27-10-8-18(19-7-9-23(29(35)36)25(30)15-19)14-24(27)28(34)32-21(11-12-33)13-20-16-31-26-6-4-3-5-22(20)26/h3-10,14-17,21,31,33H,11-13H2,1-2H3,(H,32,34)(H,35,36)/t21-/m0/s1. The van der Waals surface area contributed by atoms with E-state index in [2.05, 4.69) is 10.3 Å². The summed E-state index contributed by atoms with van der Waals surface area (Å²) in [5, 5.41) is 23.2. The second kappa shape index (κ2) is 11.5. The summed E-state index contributed by atoms with van der Waals surface area (Å²) in [5.74, 6) is -1.01. The summed E-state index contributed by atoms with van der Waals surface area (Å²) in [6.45, 7) is 3.69. The quantitative estimate of drug-likeness (QED) is 0.214. The van der Waals surface area contributed by atoms with Crippen LogP contribution in [0.3, 0.4) is 0 Å². The summed E-state index contributed by atoms with van der Waals surface area (Å²) in [6, 6.07) is 17.5. The number of aromatic amines is 1. The van der Waals surface area contributed by atoms with Crippen LogP contribution in [0.2, 0.25) is 5.02 Å². The molecule has 0 aliphatic rings. The first-order valence-corrected chi connectivity index (χ1v) is 12.4. The van der Waals surface area contributed by atoms with Crippen LogP contribution in [0, 0.1) is 0 Å². The van der Waals surface area contributed by atoms with E-state index >= 15 is 0 Å². The zero-order valence-corrected chi connectivity index (χ0v) is 21.4. The molecule has 0 spiro atoms. The molecule has 7 nitrogen and oxygen atoms in total. The molecule has 4 N–H and O–H groups in total. The van der Waals surface area contributed by atoms with Gasteiger partial charge < -0.3 is 25.3 Å². The smallest absolute Gasteiger partial charge is 0.337 e. The van der Waals surface area contributed by atoms with Gasteiger partial charge in [-0.3, -0.25) is 4.79 Å². The topological polar surface area (TPSA) is 112 Å². The van der Waals surface area contributed by atoms with Crippen molar-refractivity contribution in [3.63, 3.8) is 0 Å². The Hall–Kier alpha value is -3.81. The molecule has 0 unspecified atom stereocenters. The summed E-state index contributed by atoms with van der Waals surface area (Å²) in [4.78, 5) is 28.1. The van der Waals surface area contributed by atoms with Gasteiger partial charge in [-0.25, -0.2) is 4.79 Å². The molecule has 1 heterocycles. The Balaban J connectivity index is 1.64. The average Bonchev–Trinajstić information content (AvgIpc) is 3.26. The van der Waals surface area contributed by atoms with E-state index in [4.69, 9.17) is 16.3 Å². The highest BCUT2D eigenvalue weighted by molar-refractivity contribution is 6.33. The molecular weight excluding hydrogens is 492 g/mol. The zero-order valence-electron chi connectivity index (χ0n) is 20.6. The van der Waals surface area contributed by atoms with Gasteiger partial charge in [0.25, 0.3) is 5.91 Å². The molecule has 0 fully saturated rings. The van der Waals surface area contributed by atoms with Crippen LogP contribution in [0.15, 0.2) is 66.9 Å². The molecule has 0 aliphatic heterocycles. The molecule has 1 atom stereocenters. The number of carbonyl (C=O) groups is 2. The number of amides is 1. The van der Waals surface area contributed by atoms with Gasteiger partial charge in [0.2, 0.25) is 0 Å². The van der Waals surface area contributed by atoms with E-state index in [9.17, 15) is 19.8 Å². The Morgan fingerprint density at radius 1 is 1.03 bits per heavy atom. The second-order valence-electron chi connectivity index (χ2n) is 9.12. The van der Waals surface area contributed by atoms with Gasteiger partial charge in [-0.15, -0.1) is 0 Å². The van der Waals surface area contributed by atoms with Crippen molar-refractivity contribution in [1.29, 1.82) is 0 Å². The lowest BCUT2D eigenvalue weighted by Crippen LogP contribution is -2.37. The Labute approximate surface area is 220 Å². The number of hydrogen-bond acceptors (Lipinski definition) is 4. The lowest BCUT2D eigenvalue weighted by molar-refractivity contribution is 0.0696. The van der Waals surface area contributed by atoms with Gasteiger partial charge in [0.15, 0.2) is 0 Å².